The van der Waals surface area contributed by atoms with Crippen molar-refractivity contribution in [3.63, 3.8) is 0 Å². The van der Waals surface area contributed by atoms with Crippen molar-refractivity contribution in [1.29, 1.82) is 0 Å². The molecule has 9 heteroatoms. The van der Waals surface area contributed by atoms with Gasteiger partial charge in [-0.15, -0.1) is 0 Å². The highest BCUT2D eigenvalue weighted by Crippen LogP contribution is 2.30. The number of ether oxygens (including phenoxy) is 2. The van der Waals surface area contributed by atoms with Crippen LogP contribution in [0, 0.1) is 6.92 Å². The molecule has 1 amide bonds. The summed E-state index contributed by atoms with van der Waals surface area (Å²) in [6.45, 7) is 3.65. The molecule has 1 N–H and O–H groups in total. The number of aromatic nitrogens is 2. The highest BCUT2D eigenvalue weighted by Gasteiger charge is 2.14. The van der Waals surface area contributed by atoms with Gasteiger partial charge < -0.3 is 14.8 Å². The van der Waals surface area contributed by atoms with E-state index < -0.39 is 0 Å². The van der Waals surface area contributed by atoms with Crippen LogP contribution in [0.25, 0.3) is 10.9 Å². The monoisotopic (exact) mass is 548 g/mol. The highest BCUT2D eigenvalue weighted by molar-refractivity contribution is 9.10. The van der Waals surface area contributed by atoms with E-state index in [2.05, 4.69) is 31.3 Å². The zero-order valence-corrected chi connectivity index (χ0v) is 21.7. The molecule has 0 saturated heterocycles. The maximum absolute atomic E-state index is 13.2. The van der Waals surface area contributed by atoms with Crippen LogP contribution in [0.5, 0.6) is 11.5 Å². The third-order valence-electron chi connectivity index (χ3n) is 5.42. The first-order chi connectivity index (χ1) is 17.4. The van der Waals surface area contributed by atoms with Gasteiger partial charge in [0.25, 0.3) is 11.5 Å². The van der Waals surface area contributed by atoms with Crippen molar-refractivity contribution in [3.05, 3.63) is 92.4 Å². The molecule has 0 atom stereocenters. The Morgan fingerprint density at radius 3 is 2.67 bits per heavy atom. The number of fused-ring (bicyclic) bond motifs is 1. The van der Waals surface area contributed by atoms with E-state index in [1.165, 1.54) is 18.0 Å². The molecular weight excluding hydrogens is 524 g/mol. The van der Waals surface area contributed by atoms with E-state index in [0.29, 0.717) is 45.9 Å². The van der Waals surface area contributed by atoms with Crippen LogP contribution >= 0.6 is 15.9 Å². The van der Waals surface area contributed by atoms with Gasteiger partial charge in [0.2, 0.25) is 0 Å². The fraction of sp³-hybridized carbons (Fsp3) is 0.185. The maximum atomic E-state index is 13.2. The molecule has 0 aliphatic carbocycles. The first-order valence-electron chi connectivity index (χ1n) is 11.3. The van der Waals surface area contributed by atoms with E-state index in [1.807, 2.05) is 44.2 Å². The van der Waals surface area contributed by atoms with Gasteiger partial charge in [-0.3, -0.25) is 9.59 Å². The summed E-state index contributed by atoms with van der Waals surface area (Å²) in [7, 11) is 1.51. The number of anilines is 1. The molecule has 0 unspecified atom stereocenters. The summed E-state index contributed by atoms with van der Waals surface area (Å²) >= 11 is 3.40. The third-order valence-corrected chi connectivity index (χ3v) is 5.91. The molecule has 184 valence electrons. The van der Waals surface area contributed by atoms with Crippen molar-refractivity contribution < 1.29 is 14.3 Å². The van der Waals surface area contributed by atoms with Crippen molar-refractivity contribution in [2.45, 2.75) is 20.3 Å². The van der Waals surface area contributed by atoms with E-state index in [-0.39, 0.29) is 18.1 Å². The van der Waals surface area contributed by atoms with Crippen molar-refractivity contribution in [3.8, 4) is 11.5 Å². The molecule has 3 aromatic carbocycles. The summed E-state index contributed by atoms with van der Waals surface area (Å²) < 4.78 is 13.3. The molecule has 0 spiro atoms. The zero-order chi connectivity index (χ0) is 25.7. The molecule has 0 aliphatic heterocycles. The van der Waals surface area contributed by atoms with Crippen LogP contribution < -0.4 is 20.3 Å². The van der Waals surface area contributed by atoms with Crippen LogP contribution in [0.15, 0.2) is 75.0 Å². The molecule has 1 aromatic heterocycles. The van der Waals surface area contributed by atoms with Crippen molar-refractivity contribution >= 4 is 44.6 Å². The van der Waals surface area contributed by atoms with Gasteiger partial charge in [-0.25, -0.2) is 4.98 Å². The number of carbonyl (C=O) groups excluding carboxylic acids is 1. The minimum Gasteiger partial charge on any atom is -0.493 e. The van der Waals surface area contributed by atoms with E-state index in [0.717, 1.165) is 10.0 Å². The Bertz CT molecular complexity index is 1500. The number of para-hydroxylation sites is 1. The highest BCUT2D eigenvalue weighted by atomic mass is 79.9. The molecule has 36 heavy (non-hydrogen) atoms. The number of halogens is 1. The molecule has 4 rings (SSSR count). The van der Waals surface area contributed by atoms with E-state index in [4.69, 9.17) is 9.47 Å². The van der Waals surface area contributed by atoms with Crippen molar-refractivity contribution in [1.82, 2.24) is 9.66 Å². The van der Waals surface area contributed by atoms with Crippen LogP contribution in [0.4, 0.5) is 5.69 Å². The minimum absolute atomic E-state index is 0.235. The number of carbonyl (C=O) groups is 1. The number of benzene rings is 3. The zero-order valence-electron chi connectivity index (χ0n) is 20.1. The average molecular weight is 549 g/mol. The Labute approximate surface area is 216 Å². The lowest BCUT2D eigenvalue weighted by Gasteiger charge is -2.13. The number of aryl methyl sites for hydroxylation is 2. The first kappa shape index (κ1) is 25.1. The quantitative estimate of drug-likeness (QED) is 0.315. The predicted molar refractivity (Wildman–Crippen MR) is 144 cm³/mol. The number of methoxy groups -OCH3 is 1. The Kier molecular flexibility index (Phi) is 7.80. The Morgan fingerprint density at radius 1 is 1.17 bits per heavy atom. The smallest absolute Gasteiger partial charge is 0.282 e. The number of nitrogens with one attached hydrogen (secondary N) is 1. The Hall–Kier alpha value is -3.98. The summed E-state index contributed by atoms with van der Waals surface area (Å²) in [6.07, 6.45) is 2.01. The van der Waals surface area contributed by atoms with Gasteiger partial charge in [-0.05, 0) is 49.4 Å². The number of nitrogens with zero attached hydrogens (tertiary/aromatic N) is 3. The first-order valence-corrected chi connectivity index (χ1v) is 12.1. The number of hydrogen-bond donors (Lipinski definition) is 1. The number of hydrogen-bond acceptors (Lipinski definition) is 6. The topological polar surface area (TPSA) is 94.8 Å². The van der Waals surface area contributed by atoms with Gasteiger partial charge in [0.05, 0.1) is 24.2 Å². The Morgan fingerprint density at radius 2 is 1.94 bits per heavy atom. The molecule has 0 saturated carbocycles. The predicted octanol–water partition coefficient (Wildman–Crippen LogP) is 4.94. The van der Waals surface area contributed by atoms with E-state index in [1.54, 1.807) is 30.3 Å². The molecular formula is C27H25BrN4O4. The second-order valence-electron chi connectivity index (χ2n) is 7.99. The molecule has 0 radical (unpaired) electrons. The van der Waals surface area contributed by atoms with Gasteiger partial charge in [0.1, 0.15) is 5.82 Å². The van der Waals surface area contributed by atoms with Gasteiger partial charge in [0, 0.05) is 22.1 Å². The standard InChI is InChI=1S/C27H25BrN4O4/c1-4-24-31-22-13-10-19(28)14-21(22)27(34)32(24)29-15-18-6-5-7-23(35-3)26(18)36-16-25(33)30-20-11-8-17(2)9-12-20/h5-15H,4,16H2,1-3H3,(H,30,33). The molecule has 8 nitrogen and oxygen atoms in total. The second-order valence-corrected chi connectivity index (χ2v) is 8.90. The molecule has 4 aromatic rings. The molecule has 0 bridgehead atoms. The summed E-state index contributed by atoms with van der Waals surface area (Å²) in [5, 5.41) is 7.69. The maximum Gasteiger partial charge on any atom is 0.282 e. The molecule has 0 fully saturated rings. The van der Waals surface area contributed by atoms with Crippen LogP contribution in [0.3, 0.4) is 0 Å². The summed E-state index contributed by atoms with van der Waals surface area (Å²) in [5.74, 6) is 0.978. The fourth-order valence-corrected chi connectivity index (χ4v) is 3.95. The van der Waals surface area contributed by atoms with Crippen LogP contribution in [0.2, 0.25) is 0 Å². The van der Waals surface area contributed by atoms with E-state index in [9.17, 15) is 9.59 Å². The van der Waals surface area contributed by atoms with Crippen molar-refractivity contribution in [2.75, 3.05) is 19.0 Å². The van der Waals surface area contributed by atoms with E-state index >= 15 is 0 Å². The average Bonchev–Trinajstić information content (AvgIpc) is 2.88. The third kappa shape index (κ3) is 5.63. The summed E-state index contributed by atoms with van der Waals surface area (Å²) in [4.78, 5) is 30.2. The minimum atomic E-state index is -0.318. The van der Waals surface area contributed by atoms with Gasteiger partial charge in [0.15, 0.2) is 18.1 Å². The molecule has 1 heterocycles. The normalized spacial score (nSPS) is 11.1. The molecule has 0 aliphatic rings. The van der Waals surface area contributed by atoms with Crippen LogP contribution in [-0.4, -0.2) is 35.5 Å². The number of rotatable bonds is 8. The lowest BCUT2D eigenvalue weighted by Crippen LogP contribution is -2.22. The summed E-state index contributed by atoms with van der Waals surface area (Å²) in [6, 6.07) is 18.1. The second kappa shape index (κ2) is 11.2. The SMILES string of the molecule is CCc1nc2ccc(Br)cc2c(=O)n1N=Cc1cccc(OC)c1OCC(=O)Nc1ccc(C)cc1. The summed E-state index contributed by atoms with van der Waals surface area (Å²) in [5.41, 5.74) is 2.65. The van der Waals surface area contributed by atoms with Crippen LogP contribution in [0.1, 0.15) is 23.9 Å². The van der Waals surface area contributed by atoms with Crippen molar-refractivity contribution in [2.24, 2.45) is 5.10 Å². The van der Waals surface area contributed by atoms with Gasteiger partial charge in [-0.1, -0.05) is 46.6 Å². The van der Waals surface area contributed by atoms with Gasteiger partial charge in [-0.2, -0.15) is 9.78 Å². The lowest BCUT2D eigenvalue weighted by molar-refractivity contribution is -0.118. The largest absolute Gasteiger partial charge is 0.493 e. The number of amides is 1. The van der Waals surface area contributed by atoms with Crippen LogP contribution in [-0.2, 0) is 11.2 Å². The Balaban J connectivity index is 1.62. The fourth-order valence-electron chi connectivity index (χ4n) is 3.58. The lowest BCUT2D eigenvalue weighted by atomic mass is 10.2. The van der Waals surface area contributed by atoms with Gasteiger partial charge >= 0.3 is 0 Å².